The molecule has 0 saturated carbocycles. The van der Waals surface area contributed by atoms with E-state index < -0.39 is 12.2 Å². The van der Waals surface area contributed by atoms with Crippen LogP contribution in [-0.4, -0.2) is 70.1 Å². The van der Waals surface area contributed by atoms with Crippen molar-refractivity contribution in [2.45, 2.75) is 217 Å². The van der Waals surface area contributed by atoms with Gasteiger partial charge in [0.1, 0.15) is 6.10 Å². The van der Waals surface area contributed by atoms with Gasteiger partial charge in [-0.2, -0.15) is 0 Å². The number of aliphatic hydroxyl groups excluding tert-OH is 3. The van der Waals surface area contributed by atoms with Crippen molar-refractivity contribution in [3.8, 4) is 0 Å². The minimum atomic E-state index is -0.463. The third-order valence-corrected chi connectivity index (χ3v) is 10.0. The first-order valence-corrected chi connectivity index (χ1v) is 18.6. The highest BCUT2D eigenvalue weighted by molar-refractivity contribution is 5.90. The lowest BCUT2D eigenvalue weighted by atomic mass is 10.00. The molecule has 8 atom stereocenters. The molecule has 7 nitrogen and oxygen atoms in total. The summed E-state index contributed by atoms with van der Waals surface area (Å²) < 4.78 is 17.7. The van der Waals surface area contributed by atoms with Gasteiger partial charge in [0, 0.05) is 12.0 Å². The maximum Gasteiger partial charge on any atom is 0.334 e. The van der Waals surface area contributed by atoms with Gasteiger partial charge < -0.3 is 29.5 Å². The van der Waals surface area contributed by atoms with E-state index in [1.807, 2.05) is 13.0 Å². The molecule has 2 saturated heterocycles. The largest absolute Gasteiger partial charge is 0.455 e. The van der Waals surface area contributed by atoms with Crippen LogP contribution in [0.3, 0.4) is 0 Å². The average Bonchev–Trinajstić information content (AvgIpc) is 3.75. The molecule has 0 spiro atoms. The first-order chi connectivity index (χ1) is 21.4. The van der Waals surface area contributed by atoms with Crippen molar-refractivity contribution in [3.63, 3.8) is 0 Å². The third kappa shape index (κ3) is 14.2. The van der Waals surface area contributed by atoms with Crippen molar-refractivity contribution in [2.75, 3.05) is 0 Å². The molecule has 0 aliphatic carbocycles. The molecular weight excluding hydrogens is 556 g/mol. The first-order valence-electron chi connectivity index (χ1n) is 18.6. The van der Waals surface area contributed by atoms with Crippen LogP contribution < -0.4 is 0 Å². The van der Waals surface area contributed by atoms with Crippen LogP contribution in [-0.2, 0) is 19.0 Å². The fourth-order valence-electron chi connectivity index (χ4n) is 7.28. The number of carbonyl (C=O) groups is 1. The van der Waals surface area contributed by atoms with Crippen molar-refractivity contribution >= 4 is 5.97 Å². The van der Waals surface area contributed by atoms with Gasteiger partial charge >= 0.3 is 5.97 Å². The van der Waals surface area contributed by atoms with Crippen LogP contribution in [0.15, 0.2) is 11.6 Å². The Morgan fingerprint density at radius 3 is 1.52 bits per heavy atom. The van der Waals surface area contributed by atoms with E-state index >= 15 is 0 Å². The van der Waals surface area contributed by atoms with Crippen LogP contribution in [0.25, 0.3) is 0 Å². The van der Waals surface area contributed by atoms with Crippen LogP contribution >= 0.6 is 0 Å². The summed E-state index contributed by atoms with van der Waals surface area (Å²) in [6.07, 6.45) is 26.1. The van der Waals surface area contributed by atoms with Crippen molar-refractivity contribution in [3.05, 3.63) is 11.6 Å². The number of carbonyl (C=O) groups excluding carboxylic acids is 1. The maximum atomic E-state index is 11.7. The second kappa shape index (κ2) is 21.7. The molecule has 0 radical (unpaired) electrons. The first kappa shape index (κ1) is 37.5. The molecule has 7 heteroatoms. The summed E-state index contributed by atoms with van der Waals surface area (Å²) in [6, 6.07) is 0. The van der Waals surface area contributed by atoms with Crippen LogP contribution in [0, 0.1) is 0 Å². The summed E-state index contributed by atoms with van der Waals surface area (Å²) in [5.74, 6) is -0.281. The standard InChI is InChI=1S/C37H66O7/c1-3-4-5-6-7-11-14-17-20-31(39)33-22-24-35(43-33)36-25-23-34(44-36)32(40)21-18-15-12-9-8-10-13-16-19-30(38)27-29-26-28(2)42-37(29)41/h26,28,30-36,38-40H,3-25,27H2,1-2H3/t28?,30?,31-,32+,33?,34+,35+,36-/m0/s1. The van der Waals surface area contributed by atoms with E-state index in [9.17, 15) is 20.1 Å². The summed E-state index contributed by atoms with van der Waals surface area (Å²) in [7, 11) is 0. The molecule has 44 heavy (non-hydrogen) atoms. The predicted octanol–water partition coefficient (Wildman–Crippen LogP) is 7.86. The summed E-state index contributed by atoms with van der Waals surface area (Å²) >= 11 is 0. The van der Waals surface area contributed by atoms with Gasteiger partial charge in [-0.1, -0.05) is 110 Å². The van der Waals surface area contributed by atoms with Crippen LogP contribution in [0.4, 0.5) is 0 Å². The Hall–Kier alpha value is -0.990. The molecule has 3 aliphatic heterocycles. The summed E-state index contributed by atoms with van der Waals surface area (Å²) in [4.78, 5) is 11.7. The van der Waals surface area contributed by atoms with E-state index in [1.165, 1.54) is 70.6 Å². The maximum absolute atomic E-state index is 11.7. The van der Waals surface area contributed by atoms with E-state index in [0.717, 1.165) is 77.0 Å². The van der Waals surface area contributed by atoms with Crippen molar-refractivity contribution in [2.24, 2.45) is 0 Å². The monoisotopic (exact) mass is 622 g/mol. The topological polar surface area (TPSA) is 105 Å². The van der Waals surface area contributed by atoms with E-state index in [-0.39, 0.29) is 42.6 Å². The van der Waals surface area contributed by atoms with Gasteiger partial charge in [-0.25, -0.2) is 4.79 Å². The molecule has 0 aromatic heterocycles. The molecule has 0 bridgehead atoms. The molecule has 3 rings (SSSR count). The second-order valence-corrected chi connectivity index (χ2v) is 14.0. The Morgan fingerprint density at radius 2 is 1.09 bits per heavy atom. The van der Waals surface area contributed by atoms with E-state index in [4.69, 9.17) is 14.2 Å². The van der Waals surface area contributed by atoms with Gasteiger partial charge in [0.2, 0.25) is 0 Å². The summed E-state index contributed by atoms with van der Waals surface area (Å²) in [5.41, 5.74) is 0.617. The lowest BCUT2D eigenvalue weighted by Gasteiger charge is -2.24. The van der Waals surface area contributed by atoms with Gasteiger partial charge in [0.25, 0.3) is 0 Å². The quantitative estimate of drug-likeness (QED) is 0.0703. The number of unbranched alkanes of at least 4 members (excludes halogenated alkanes) is 14. The van der Waals surface area contributed by atoms with Gasteiger partial charge in [-0.05, 0) is 57.9 Å². The fourth-order valence-corrected chi connectivity index (χ4v) is 7.28. The molecular formula is C37H66O7. The summed E-state index contributed by atoms with van der Waals surface area (Å²) in [6.45, 7) is 4.09. The number of esters is 1. The highest BCUT2D eigenvalue weighted by Crippen LogP contribution is 2.34. The van der Waals surface area contributed by atoms with Crippen molar-refractivity contribution in [1.82, 2.24) is 0 Å². The Kier molecular flexibility index (Phi) is 18.5. The molecule has 2 fully saturated rings. The number of aliphatic hydroxyl groups is 3. The van der Waals surface area contributed by atoms with Crippen LogP contribution in [0.2, 0.25) is 0 Å². The fraction of sp³-hybridized carbons (Fsp3) is 0.919. The normalized spacial score (nSPS) is 27.4. The average molecular weight is 623 g/mol. The van der Waals surface area contributed by atoms with Gasteiger partial charge in [0.05, 0.1) is 42.7 Å². The molecule has 3 unspecified atom stereocenters. The zero-order valence-electron chi connectivity index (χ0n) is 28.1. The number of cyclic esters (lactones) is 1. The van der Waals surface area contributed by atoms with E-state index in [2.05, 4.69) is 6.92 Å². The minimum Gasteiger partial charge on any atom is -0.455 e. The Balaban J connectivity index is 1.13. The van der Waals surface area contributed by atoms with Gasteiger partial charge in [-0.3, -0.25) is 0 Å². The Bertz CT molecular complexity index is 801. The molecule has 3 aliphatic rings. The molecule has 3 heterocycles. The number of rotatable bonds is 25. The van der Waals surface area contributed by atoms with Crippen LogP contribution in [0.5, 0.6) is 0 Å². The Labute approximate surface area is 268 Å². The third-order valence-electron chi connectivity index (χ3n) is 10.0. The van der Waals surface area contributed by atoms with E-state index in [1.54, 1.807) is 0 Å². The highest BCUT2D eigenvalue weighted by atomic mass is 16.6. The number of hydrogen-bond acceptors (Lipinski definition) is 7. The lowest BCUT2D eigenvalue weighted by Crippen LogP contribution is -2.33. The van der Waals surface area contributed by atoms with Crippen LogP contribution in [0.1, 0.15) is 168 Å². The number of hydrogen-bond donors (Lipinski definition) is 3. The highest BCUT2D eigenvalue weighted by Gasteiger charge is 2.40. The molecule has 0 aromatic rings. The second-order valence-electron chi connectivity index (χ2n) is 14.0. The van der Waals surface area contributed by atoms with Gasteiger partial charge in [0.15, 0.2) is 0 Å². The molecule has 3 N–H and O–H groups in total. The van der Waals surface area contributed by atoms with E-state index in [0.29, 0.717) is 12.0 Å². The molecule has 256 valence electrons. The zero-order valence-corrected chi connectivity index (χ0v) is 28.1. The molecule has 0 aromatic carbocycles. The minimum absolute atomic E-state index is 0.0519. The number of ether oxygens (including phenoxy) is 3. The smallest absolute Gasteiger partial charge is 0.334 e. The van der Waals surface area contributed by atoms with Crippen molar-refractivity contribution < 1.29 is 34.3 Å². The van der Waals surface area contributed by atoms with Crippen molar-refractivity contribution in [1.29, 1.82) is 0 Å². The summed E-state index contributed by atoms with van der Waals surface area (Å²) in [5, 5.41) is 31.6. The predicted molar refractivity (Wildman–Crippen MR) is 175 cm³/mol. The molecule has 0 amide bonds. The van der Waals surface area contributed by atoms with Gasteiger partial charge in [-0.15, -0.1) is 0 Å². The Morgan fingerprint density at radius 1 is 0.659 bits per heavy atom. The lowest BCUT2D eigenvalue weighted by molar-refractivity contribution is -0.139. The zero-order chi connectivity index (χ0) is 31.6. The SMILES string of the molecule is CCCCCCCCCC[C@H](O)C1CC[C@H]([C@@H]2CC[C@H]([C@H](O)CCCCCCCCCCC(O)CC3=CC(C)OC3=O)O2)O1.